The van der Waals surface area contributed by atoms with Crippen molar-refractivity contribution in [2.45, 2.75) is 20.3 Å². The smallest absolute Gasteiger partial charge is 0.0992 e. The maximum atomic E-state index is 8.72. The molecule has 1 aliphatic rings. The highest BCUT2D eigenvalue weighted by Crippen LogP contribution is 2.51. The molecule has 1 aromatic rings. The Morgan fingerprint density at radius 3 is 2.75 bits per heavy atom. The second-order valence-corrected chi connectivity index (χ2v) is 5.18. The van der Waals surface area contributed by atoms with Crippen LogP contribution in [0.25, 0.3) is 0 Å². The van der Waals surface area contributed by atoms with Gasteiger partial charge in [-0.3, -0.25) is 0 Å². The second kappa shape index (κ2) is 3.71. The Morgan fingerprint density at radius 1 is 1.56 bits per heavy atom. The molecule has 3 heteroatoms. The van der Waals surface area contributed by atoms with Crippen molar-refractivity contribution in [2.75, 3.05) is 17.6 Å². The van der Waals surface area contributed by atoms with Gasteiger partial charge in [0.05, 0.1) is 23.0 Å². The highest BCUT2D eigenvalue weighted by Gasteiger charge is 2.44. The van der Waals surface area contributed by atoms with Crippen LogP contribution in [0.1, 0.15) is 25.8 Å². The van der Waals surface area contributed by atoms with E-state index in [-0.39, 0.29) is 0 Å². The lowest BCUT2D eigenvalue weighted by Gasteiger charge is -2.10. The average molecular weight is 215 g/mol. The van der Waals surface area contributed by atoms with Gasteiger partial charge in [0, 0.05) is 6.54 Å². The topological polar surface area (TPSA) is 61.8 Å². The molecule has 0 aliphatic heterocycles. The van der Waals surface area contributed by atoms with E-state index in [1.165, 1.54) is 6.42 Å². The Labute approximate surface area is 96.3 Å². The summed E-state index contributed by atoms with van der Waals surface area (Å²) in [6, 6.07) is 7.45. The van der Waals surface area contributed by atoms with Crippen molar-refractivity contribution in [3.8, 4) is 6.07 Å². The Balaban J connectivity index is 1.98. The molecular weight excluding hydrogens is 198 g/mol. The van der Waals surface area contributed by atoms with E-state index >= 15 is 0 Å². The molecule has 3 N–H and O–H groups in total. The van der Waals surface area contributed by atoms with Crippen molar-refractivity contribution < 1.29 is 0 Å². The zero-order valence-corrected chi connectivity index (χ0v) is 9.75. The maximum Gasteiger partial charge on any atom is 0.0992 e. The summed E-state index contributed by atoms with van der Waals surface area (Å²) < 4.78 is 0. The minimum Gasteiger partial charge on any atom is -0.397 e. The molecule has 1 unspecified atom stereocenters. The van der Waals surface area contributed by atoms with Crippen molar-refractivity contribution >= 4 is 11.4 Å². The fourth-order valence-corrected chi connectivity index (χ4v) is 1.95. The van der Waals surface area contributed by atoms with Gasteiger partial charge in [0.2, 0.25) is 0 Å². The van der Waals surface area contributed by atoms with Crippen LogP contribution in [-0.4, -0.2) is 6.54 Å². The molecule has 1 fully saturated rings. The first-order valence-electron chi connectivity index (χ1n) is 5.56. The van der Waals surface area contributed by atoms with Crippen LogP contribution in [0.5, 0.6) is 0 Å². The lowest BCUT2D eigenvalue weighted by Crippen LogP contribution is -2.08. The van der Waals surface area contributed by atoms with Crippen molar-refractivity contribution in [2.24, 2.45) is 11.3 Å². The monoisotopic (exact) mass is 215 g/mol. The minimum atomic E-state index is 0.481. The lowest BCUT2D eigenvalue weighted by molar-refractivity contribution is 0.573. The van der Waals surface area contributed by atoms with Gasteiger partial charge >= 0.3 is 0 Å². The van der Waals surface area contributed by atoms with Crippen LogP contribution in [0.15, 0.2) is 18.2 Å². The second-order valence-electron chi connectivity index (χ2n) is 5.18. The molecule has 0 amide bonds. The molecular formula is C13H17N3. The highest BCUT2D eigenvalue weighted by atomic mass is 14.9. The molecule has 3 nitrogen and oxygen atoms in total. The minimum absolute atomic E-state index is 0.481. The highest BCUT2D eigenvalue weighted by molar-refractivity contribution is 5.68. The quantitative estimate of drug-likeness (QED) is 0.762. The predicted molar refractivity (Wildman–Crippen MR) is 65.9 cm³/mol. The summed E-state index contributed by atoms with van der Waals surface area (Å²) in [6.07, 6.45) is 1.27. The van der Waals surface area contributed by atoms with Crippen LogP contribution in [0.3, 0.4) is 0 Å². The van der Waals surface area contributed by atoms with Gasteiger partial charge < -0.3 is 11.1 Å². The molecule has 84 valence electrons. The van der Waals surface area contributed by atoms with Gasteiger partial charge in [-0.1, -0.05) is 13.8 Å². The van der Waals surface area contributed by atoms with Gasteiger partial charge in [-0.05, 0) is 36.0 Å². The largest absolute Gasteiger partial charge is 0.397 e. The number of rotatable bonds is 3. The van der Waals surface area contributed by atoms with Gasteiger partial charge in [-0.2, -0.15) is 5.26 Å². The average Bonchev–Trinajstić information content (AvgIpc) is 2.84. The summed E-state index contributed by atoms with van der Waals surface area (Å²) in [7, 11) is 0. The van der Waals surface area contributed by atoms with E-state index in [1.807, 2.05) is 6.07 Å². The summed E-state index contributed by atoms with van der Waals surface area (Å²) in [5.74, 6) is 0.738. The number of nitrogens with two attached hydrogens (primary N) is 1. The fraction of sp³-hybridized carbons (Fsp3) is 0.462. The summed E-state index contributed by atoms with van der Waals surface area (Å²) in [5.41, 5.74) is 8.53. The molecule has 0 saturated heterocycles. The standard InChI is InChI=1S/C13H17N3/c1-13(2)6-10(13)8-16-12-4-3-9(7-14)5-11(12)15/h3-5,10,16H,6,8,15H2,1-2H3. The third-order valence-electron chi connectivity index (χ3n) is 3.44. The van der Waals surface area contributed by atoms with Gasteiger partial charge in [-0.15, -0.1) is 0 Å². The molecule has 0 heterocycles. The van der Waals surface area contributed by atoms with Crippen molar-refractivity contribution in [1.82, 2.24) is 0 Å². The van der Waals surface area contributed by atoms with Crippen molar-refractivity contribution in [3.05, 3.63) is 23.8 Å². The van der Waals surface area contributed by atoms with Gasteiger partial charge in [0.25, 0.3) is 0 Å². The molecule has 1 aliphatic carbocycles. The van der Waals surface area contributed by atoms with Crippen LogP contribution in [0.4, 0.5) is 11.4 Å². The van der Waals surface area contributed by atoms with E-state index in [4.69, 9.17) is 11.0 Å². The van der Waals surface area contributed by atoms with Gasteiger partial charge in [0.15, 0.2) is 0 Å². The fourth-order valence-electron chi connectivity index (χ4n) is 1.95. The molecule has 1 saturated carbocycles. The van der Waals surface area contributed by atoms with Crippen LogP contribution in [0.2, 0.25) is 0 Å². The first-order chi connectivity index (χ1) is 7.53. The summed E-state index contributed by atoms with van der Waals surface area (Å²) >= 11 is 0. The van der Waals surface area contributed by atoms with Crippen LogP contribution in [0, 0.1) is 22.7 Å². The van der Waals surface area contributed by atoms with E-state index in [2.05, 4.69) is 25.2 Å². The van der Waals surface area contributed by atoms with E-state index in [0.717, 1.165) is 18.2 Å². The van der Waals surface area contributed by atoms with Crippen LogP contribution >= 0.6 is 0 Å². The lowest BCUT2D eigenvalue weighted by atomic mass is 10.1. The number of hydrogen-bond donors (Lipinski definition) is 2. The van der Waals surface area contributed by atoms with E-state index < -0.39 is 0 Å². The molecule has 0 spiro atoms. The van der Waals surface area contributed by atoms with E-state index in [0.29, 0.717) is 16.7 Å². The Bertz CT molecular complexity index is 443. The molecule has 2 rings (SSSR count). The third kappa shape index (κ3) is 2.11. The Kier molecular flexibility index (Phi) is 2.51. The van der Waals surface area contributed by atoms with Gasteiger partial charge in [0.1, 0.15) is 0 Å². The van der Waals surface area contributed by atoms with E-state index in [9.17, 15) is 0 Å². The number of nitrogen functional groups attached to an aromatic ring is 1. The first kappa shape index (κ1) is 10.8. The maximum absolute atomic E-state index is 8.72. The zero-order valence-electron chi connectivity index (χ0n) is 9.75. The Hall–Kier alpha value is -1.69. The summed E-state index contributed by atoms with van der Waals surface area (Å²) in [6.45, 7) is 5.52. The number of nitriles is 1. The van der Waals surface area contributed by atoms with Crippen LogP contribution < -0.4 is 11.1 Å². The Morgan fingerprint density at radius 2 is 2.25 bits per heavy atom. The molecule has 0 radical (unpaired) electrons. The van der Waals surface area contributed by atoms with Crippen molar-refractivity contribution in [3.63, 3.8) is 0 Å². The number of nitrogens with zero attached hydrogens (tertiary/aromatic N) is 1. The molecule has 0 aromatic heterocycles. The summed E-state index contributed by atoms with van der Waals surface area (Å²) in [4.78, 5) is 0. The number of hydrogen-bond acceptors (Lipinski definition) is 3. The molecule has 0 bridgehead atoms. The molecule has 1 aromatic carbocycles. The summed E-state index contributed by atoms with van der Waals surface area (Å²) in [5, 5.41) is 12.1. The third-order valence-corrected chi connectivity index (χ3v) is 3.44. The van der Waals surface area contributed by atoms with E-state index in [1.54, 1.807) is 12.1 Å². The van der Waals surface area contributed by atoms with Crippen molar-refractivity contribution in [1.29, 1.82) is 5.26 Å². The zero-order chi connectivity index (χ0) is 11.8. The van der Waals surface area contributed by atoms with Gasteiger partial charge in [-0.25, -0.2) is 0 Å². The normalized spacial score (nSPS) is 21.2. The number of anilines is 2. The van der Waals surface area contributed by atoms with Crippen LogP contribution in [-0.2, 0) is 0 Å². The molecule has 16 heavy (non-hydrogen) atoms. The molecule has 1 atom stereocenters. The first-order valence-corrected chi connectivity index (χ1v) is 5.56. The SMILES string of the molecule is CC1(C)CC1CNc1ccc(C#N)cc1N. The predicted octanol–water partition coefficient (Wildman–Crippen LogP) is 2.60. The number of nitrogens with one attached hydrogen (secondary N) is 1. The number of benzene rings is 1.